The first-order chi connectivity index (χ1) is 6.73. The highest BCUT2D eigenvalue weighted by Crippen LogP contribution is 2.47. The summed E-state index contributed by atoms with van der Waals surface area (Å²) >= 11 is 0. The smallest absolute Gasteiger partial charge is 0.204 e. The van der Waals surface area contributed by atoms with E-state index in [2.05, 4.69) is 0 Å². The van der Waals surface area contributed by atoms with Gasteiger partial charge in [0.15, 0.2) is 0 Å². The second-order valence-electron chi connectivity index (χ2n) is 4.64. The van der Waals surface area contributed by atoms with Gasteiger partial charge in [-0.05, 0) is 17.9 Å². The number of hydrogen-bond donors (Lipinski definition) is 0. The number of hydrogen-bond acceptors (Lipinski definition) is 3. The summed E-state index contributed by atoms with van der Waals surface area (Å²) < 4.78 is 17.2. The minimum absolute atomic E-state index is 0.140. The topological polar surface area (TPSA) is 50.1 Å². The Kier molecular flexibility index (Phi) is 5.28. The van der Waals surface area contributed by atoms with Gasteiger partial charge < -0.3 is 4.52 Å². The molecule has 86 valence electrons. The Morgan fingerprint density at radius 2 is 2.07 bits per heavy atom. The summed E-state index contributed by atoms with van der Waals surface area (Å²) in [5.41, 5.74) is 0.739. The van der Waals surface area contributed by atoms with Gasteiger partial charge in [0, 0.05) is 18.9 Å². The molecule has 0 heterocycles. The SMILES string of the molecule is CCOP(C)(=O)C/C(=C\C#N)C(C)(C)C. The minimum Gasteiger partial charge on any atom is -0.329 e. The van der Waals surface area contributed by atoms with E-state index in [1.807, 2.05) is 33.8 Å². The van der Waals surface area contributed by atoms with Crippen LogP contribution in [0.3, 0.4) is 0 Å². The van der Waals surface area contributed by atoms with Gasteiger partial charge in [-0.25, -0.2) is 0 Å². The molecule has 0 fully saturated rings. The molecule has 0 aliphatic carbocycles. The lowest BCUT2D eigenvalue weighted by Crippen LogP contribution is -2.13. The van der Waals surface area contributed by atoms with Gasteiger partial charge in [-0.3, -0.25) is 4.57 Å². The highest BCUT2D eigenvalue weighted by atomic mass is 31.2. The van der Waals surface area contributed by atoms with Crippen LogP contribution in [0.4, 0.5) is 0 Å². The predicted octanol–water partition coefficient (Wildman–Crippen LogP) is 3.43. The van der Waals surface area contributed by atoms with Crippen LogP contribution in [-0.2, 0) is 9.09 Å². The number of nitriles is 1. The van der Waals surface area contributed by atoms with Crippen LogP contribution in [0, 0.1) is 16.7 Å². The zero-order chi connectivity index (χ0) is 12.1. The summed E-state index contributed by atoms with van der Waals surface area (Å²) in [5.74, 6) is 0. The molecule has 0 saturated carbocycles. The van der Waals surface area contributed by atoms with Crippen LogP contribution in [-0.4, -0.2) is 19.4 Å². The van der Waals surface area contributed by atoms with Crippen LogP contribution >= 0.6 is 7.37 Å². The Morgan fingerprint density at radius 3 is 2.40 bits per heavy atom. The van der Waals surface area contributed by atoms with Crippen molar-refractivity contribution < 1.29 is 9.09 Å². The highest BCUT2D eigenvalue weighted by Gasteiger charge is 2.25. The lowest BCUT2D eigenvalue weighted by molar-refractivity contribution is 0.336. The summed E-state index contributed by atoms with van der Waals surface area (Å²) in [6.07, 6.45) is 1.84. The van der Waals surface area contributed by atoms with Crippen molar-refractivity contribution in [1.82, 2.24) is 0 Å². The molecule has 15 heavy (non-hydrogen) atoms. The Balaban J connectivity index is 4.82. The molecule has 0 bridgehead atoms. The maximum absolute atomic E-state index is 12.0. The molecular formula is C11H20NO2P. The van der Waals surface area contributed by atoms with E-state index in [1.165, 1.54) is 6.08 Å². The first-order valence-electron chi connectivity index (χ1n) is 5.03. The predicted molar refractivity (Wildman–Crippen MR) is 63.2 cm³/mol. The van der Waals surface area contributed by atoms with E-state index < -0.39 is 7.37 Å². The molecule has 0 spiro atoms. The van der Waals surface area contributed by atoms with E-state index in [4.69, 9.17) is 9.79 Å². The molecule has 0 saturated heterocycles. The van der Waals surface area contributed by atoms with Gasteiger partial charge in [0.25, 0.3) is 0 Å². The van der Waals surface area contributed by atoms with E-state index in [9.17, 15) is 4.57 Å². The van der Waals surface area contributed by atoms with Crippen LogP contribution in [0.15, 0.2) is 11.6 Å². The molecule has 0 N–H and O–H groups in total. The summed E-state index contributed by atoms with van der Waals surface area (Å²) in [4.78, 5) is 0. The van der Waals surface area contributed by atoms with Crippen molar-refractivity contribution >= 4 is 7.37 Å². The summed E-state index contributed by atoms with van der Waals surface area (Å²) in [6.45, 7) is 9.89. The van der Waals surface area contributed by atoms with Gasteiger partial charge in [-0.1, -0.05) is 20.8 Å². The molecule has 0 aromatic heterocycles. The number of rotatable bonds is 4. The van der Waals surface area contributed by atoms with Crippen molar-refractivity contribution in [1.29, 1.82) is 5.26 Å². The van der Waals surface area contributed by atoms with Gasteiger partial charge in [-0.15, -0.1) is 0 Å². The van der Waals surface area contributed by atoms with E-state index in [1.54, 1.807) is 6.66 Å². The van der Waals surface area contributed by atoms with Crippen molar-refractivity contribution in [2.24, 2.45) is 5.41 Å². The Hall–Kier alpha value is -0.580. The van der Waals surface area contributed by atoms with Crippen molar-refractivity contribution in [2.75, 3.05) is 19.4 Å². The fourth-order valence-electron chi connectivity index (χ4n) is 1.21. The fraction of sp³-hybridized carbons (Fsp3) is 0.727. The lowest BCUT2D eigenvalue weighted by Gasteiger charge is -2.24. The zero-order valence-electron chi connectivity index (χ0n) is 10.2. The molecule has 0 aromatic carbocycles. The highest BCUT2D eigenvalue weighted by molar-refractivity contribution is 7.58. The largest absolute Gasteiger partial charge is 0.329 e. The average molecular weight is 229 g/mol. The summed E-state index contributed by atoms with van der Waals surface area (Å²) in [7, 11) is -2.59. The summed E-state index contributed by atoms with van der Waals surface area (Å²) in [6, 6.07) is 2.00. The maximum Gasteiger partial charge on any atom is 0.204 e. The van der Waals surface area contributed by atoms with E-state index in [0.717, 1.165) is 5.57 Å². The average Bonchev–Trinajstić information content (AvgIpc) is 2.01. The van der Waals surface area contributed by atoms with Crippen molar-refractivity contribution in [3.05, 3.63) is 11.6 Å². The van der Waals surface area contributed by atoms with Crippen LogP contribution in [0.5, 0.6) is 0 Å². The molecule has 1 unspecified atom stereocenters. The molecule has 1 atom stereocenters. The molecule has 3 nitrogen and oxygen atoms in total. The molecular weight excluding hydrogens is 209 g/mol. The molecule has 0 radical (unpaired) electrons. The molecule has 0 aliphatic heterocycles. The van der Waals surface area contributed by atoms with Crippen molar-refractivity contribution in [3.8, 4) is 6.07 Å². The Bertz CT molecular complexity index is 320. The molecule has 0 aromatic rings. The van der Waals surface area contributed by atoms with Gasteiger partial charge in [0.2, 0.25) is 7.37 Å². The minimum atomic E-state index is -2.59. The van der Waals surface area contributed by atoms with Crippen LogP contribution < -0.4 is 0 Å². The van der Waals surface area contributed by atoms with Crippen molar-refractivity contribution in [2.45, 2.75) is 27.7 Å². The van der Waals surface area contributed by atoms with Crippen LogP contribution in [0.25, 0.3) is 0 Å². The van der Waals surface area contributed by atoms with Gasteiger partial charge in [-0.2, -0.15) is 5.26 Å². The van der Waals surface area contributed by atoms with E-state index in [0.29, 0.717) is 12.8 Å². The maximum atomic E-state index is 12.0. The van der Waals surface area contributed by atoms with E-state index >= 15 is 0 Å². The third-order valence-electron chi connectivity index (χ3n) is 2.06. The van der Waals surface area contributed by atoms with Crippen molar-refractivity contribution in [3.63, 3.8) is 0 Å². The third kappa shape index (κ3) is 5.77. The normalized spacial score (nSPS) is 16.9. The standard InChI is InChI=1S/C11H20NO2P/c1-6-14-15(5,13)9-10(7-8-12)11(2,3)4/h7H,6,9H2,1-5H3/b10-7+. The van der Waals surface area contributed by atoms with Gasteiger partial charge >= 0.3 is 0 Å². The third-order valence-corrected chi connectivity index (χ3v) is 3.78. The first kappa shape index (κ1) is 14.4. The Morgan fingerprint density at radius 1 is 1.53 bits per heavy atom. The van der Waals surface area contributed by atoms with Gasteiger partial charge in [0.05, 0.1) is 12.7 Å². The quantitative estimate of drug-likeness (QED) is 0.548. The van der Waals surface area contributed by atoms with Crippen LogP contribution in [0.1, 0.15) is 27.7 Å². The fourth-order valence-corrected chi connectivity index (χ4v) is 3.03. The Labute approximate surface area is 92.6 Å². The van der Waals surface area contributed by atoms with E-state index in [-0.39, 0.29) is 5.41 Å². The monoisotopic (exact) mass is 229 g/mol. The summed E-state index contributed by atoms with van der Waals surface area (Å²) in [5, 5.41) is 8.67. The molecule has 4 heteroatoms. The second-order valence-corrected chi connectivity index (χ2v) is 7.24. The second kappa shape index (κ2) is 5.49. The lowest BCUT2D eigenvalue weighted by atomic mass is 9.87. The zero-order valence-corrected chi connectivity index (χ0v) is 11.1. The number of nitrogens with zero attached hydrogens (tertiary/aromatic N) is 1. The van der Waals surface area contributed by atoms with Gasteiger partial charge in [0.1, 0.15) is 0 Å². The molecule has 0 aliphatic rings. The number of allylic oxidation sites excluding steroid dienone is 2. The first-order valence-corrected chi connectivity index (χ1v) is 7.29. The van der Waals surface area contributed by atoms with Crippen LogP contribution in [0.2, 0.25) is 0 Å². The molecule has 0 amide bonds. The molecule has 0 rings (SSSR count).